The van der Waals surface area contributed by atoms with Gasteiger partial charge in [-0.2, -0.15) is 10.2 Å². The molecule has 6 rings (SSSR count). The van der Waals surface area contributed by atoms with Crippen molar-refractivity contribution < 1.29 is 14.6 Å². The van der Waals surface area contributed by atoms with Crippen LogP contribution in [0.4, 0.5) is 5.69 Å². The van der Waals surface area contributed by atoms with Crippen molar-refractivity contribution >= 4 is 28.1 Å². The fraction of sp³-hybridized carbons (Fsp3) is 0.391. The molecule has 0 unspecified atom stereocenters. The predicted molar refractivity (Wildman–Crippen MR) is 118 cm³/mol. The second-order valence-electron chi connectivity index (χ2n) is 8.71. The summed E-state index contributed by atoms with van der Waals surface area (Å²) < 4.78 is 9.63. The topological polar surface area (TPSA) is 107 Å². The average molecular weight is 432 g/mol. The molecular formula is C23H24N6O3. The standard InChI is InChI=1S/C23H24N6O3/c30-16-4-1-3-15(10-16)29-13-14-9-18(21(11-19(14)27-29)32-17-5-6-17)23(31)26-20-12-25-28-8-2-7-24-22(20)28/h2,7-9,11-13,15-17,30H,1,3-6,10H2,(H,26,31)/t15-,16+/m0/s1. The summed E-state index contributed by atoms with van der Waals surface area (Å²) in [4.78, 5) is 17.6. The maximum Gasteiger partial charge on any atom is 0.259 e. The van der Waals surface area contributed by atoms with Gasteiger partial charge in [0.2, 0.25) is 0 Å². The van der Waals surface area contributed by atoms with Crippen molar-refractivity contribution in [1.82, 2.24) is 24.4 Å². The first-order valence-corrected chi connectivity index (χ1v) is 11.1. The lowest BCUT2D eigenvalue weighted by Crippen LogP contribution is -2.22. The van der Waals surface area contributed by atoms with Crippen LogP contribution >= 0.6 is 0 Å². The first-order chi connectivity index (χ1) is 15.6. The number of hydrogen-bond donors (Lipinski definition) is 2. The Hall–Kier alpha value is -3.46. The number of benzene rings is 1. The van der Waals surface area contributed by atoms with Crippen LogP contribution in [0.25, 0.3) is 16.6 Å². The molecule has 1 amide bonds. The Kier molecular flexibility index (Phi) is 4.57. The zero-order valence-electron chi connectivity index (χ0n) is 17.5. The molecule has 0 spiro atoms. The van der Waals surface area contributed by atoms with E-state index in [1.165, 1.54) is 0 Å². The SMILES string of the molecule is O=C(Nc1cnn2cccnc12)c1cc2cn([C@H]3CCC[C@@H](O)C3)nc2cc1OC1CC1. The number of aliphatic hydroxyl groups is 1. The van der Waals surface area contributed by atoms with Gasteiger partial charge in [0.05, 0.1) is 35.5 Å². The lowest BCUT2D eigenvalue weighted by Gasteiger charge is -2.25. The Balaban J connectivity index is 1.35. The van der Waals surface area contributed by atoms with E-state index in [1.54, 1.807) is 29.2 Å². The number of ether oxygens (including phenoxy) is 1. The molecule has 0 radical (unpaired) electrons. The number of nitrogens with one attached hydrogen (secondary N) is 1. The summed E-state index contributed by atoms with van der Waals surface area (Å²) in [5.41, 5.74) is 2.37. The molecule has 2 fully saturated rings. The Morgan fingerprint density at radius 1 is 1.22 bits per heavy atom. The molecule has 9 heteroatoms. The number of aromatic nitrogens is 5. The lowest BCUT2D eigenvalue weighted by molar-refractivity contribution is 0.100. The highest BCUT2D eigenvalue weighted by Crippen LogP contribution is 2.34. The van der Waals surface area contributed by atoms with E-state index in [0.29, 0.717) is 29.1 Å². The van der Waals surface area contributed by atoms with E-state index >= 15 is 0 Å². The molecule has 0 aliphatic heterocycles. The summed E-state index contributed by atoms with van der Waals surface area (Å²) in [5, 5.41) is 22.8. The predicted octanol–water partition coefficient (Wildman–Crippen LogP) is 3.35. The minimum atomic E-state index is -0.282. The molecule has 3 heterocycles. The van der Waals surface area contributed by atoms with Gasteiger partial charge in [-0.25, -0.2) is 9.50 Å². The first kappa shape index (κ1) is 19.2. The highest BCUT2D eigenvalue weighted by atomic mass is 16.5. The maximum absolute atomic E-state index is 13.3. The van der Waals surface area contributed by atoms with Crippen LogP contribution in [-0.4, -0.2) is 47.6 Å². The van der Waals surface area contributed by atoms with Gasteiger partial charge in [0, 0.05) is 30.0 Å². The van der Waals surface area contributed by atoms with E-state index in [9.17, 15) is 9.90 Å². The molecule has 0 bridgehead atoms. The summed E-state index contributed by atoms with van der Waals surface area (Å²) in [7, 11) is 0. The van der Waals surface area contributed by atoms with Crippen molar-refractivity contribution in [2.24, 2.45) is 0 Å². The van der Waals surface area contributed by atoms with Gasteiger partial charge in [-0.1, -0.05) is 0 Å². The lowest BCUT2D eigenvalue weighted by atomic mass is 9.93. The van der Waals surface area contributed by atoms with Crippen LogP contribution in [0.15, 0.2) is 43.0 Å². The van der Waals surface area contributed by atoms with E-state index in [1.807, 2.05) is 23.0 Å². The van der Waals surface area contributed by atoms with Gasteiger partial charge >= 0.3 is 0 Å². The normalized spacial score (nSPS) is 21.2. The maximum atomic E-state index is 13.3. The Bertz CT molecular complexity index is 1310. The van der Waals surface area contributed by atoms with Crippen molar-refractivity contribution in [2.45, 2.75) is 56.8 Å². The first-order valence-electron chi connectivity index (χ1n) is 11.1. The van der Waals surface area contributed by atoms with Crippen LogP contribution in [0.5, 0.6) is 5.75 Å². The number of aliphatic hydroxyl groups excluding tert-OH is 1. The molecule has 0 saturated heterocycles. The Morgan fingerprint density at radius 2 is 2.12 bits per heavy atom. The zero-order valence-corrected chi connectivity index (χ0v) is 17.5. The van der Waals surface area contributed by atoms with Crippen molar-refractivity contribution in [3.63, 3.8) is 0 Å². The molecule has 2 N–H and O–H groups in total. The second-order valence-corrected chi connectivity index (χ2v) is 8.71. The van der Waals surface area contributed by atoms with Gasteiger partial charge in [0.1, 0.15) is 11.4 Å². The smallest absolute Gasteiger partial charge is 0.259 e. The number of nitrogens with zero attached hydrogens (tertiary/aromatic N) is 5. The van der Waals surface area contributed by atoms with Crippen molar-refractivity contribution in [3.05, 3.63) is 48.5 Å². The molecule has 3 aromatic heterocycles. The molecule has 2 aliphatic rings. The van der Waals surface area contributed by atoms with E-state index in [4.69, 9.17) is 9.84 Å². The third-order valence-electron chi connectivity index (χ3n) is 6.21. The third-order valence-corrected chi connectivity index (χ3v) is 6.21. The summed E-state index contributed by atoms with van der Waals surface area (Å²) in [5.74, 6) is 0.264. The monoisotopic (exact) mass is 432 g/mol. The molecule has 2 aliphatic carbocycles. The van der Waals surface area contributed by atoms with Gasteiger partial charge in [0.25, 0.3) is 5.91 Å². The van der Waals surface area contributed by atoms with Crippen LogP contribution in [-0.2, 0) is 0 Å². The number of hydrogen-bond acceptors (Lipinski definition) is 6. The fourth-order valence-corrected chi connectivity index (χ4v) is 4.38. The van der Waals surface area contributed by atoms with Gasteiger partial charge in [-0.15, -0.1) is 0 Å². The Labute approximate surface area is 184 Å². The number of carbonyl (C=O) groups is 1. The Morgan fingerprint density at radius 3 is 2.97 bits per heavy atom. The molecule has 164 valence electrons. The van der Waals surface area contributed by atoms with Crippen LogP contribution < -0.4 is 10.1 Å². The zero-order chi connectivity index (χ0) is 21.7. The van der Waals surface area contributed by atoms with Crippen LogP contribution in [0.3, 0.4) is 0 Å². The van der Waals surface area contributed by atoms with Crippen molar-refractivity contribution in [3.8, 4) is 5.75 Å². The molecule has 2 saturated carbocycles. The number of anilines is 1. The van der Waals surface area contributed by atoms with Crippen molar-refractivity contribution in [2.75, 3.05) is 5.32 Å². The number of carbonyl (C=O) groups excluding carboxylic acids is 1. The summed E-state index contributed by atoms with van der Waals surface area (Å²) >= 11 is 0. The number of fused-ring (bicyclic) bond motifs is 2. The van der Waals surface area contributed by atoms with E-state index in [-0.39, 0.29) is 24.2 Å². The number of amides is 1. The van der Waals surface area contributed by atoms with Gasteiger partial charge in [-0.3, -0.25) is 9.48 Å². The van der Waals surface area contributed by atoms with Gasteiger partial charge < -0.3 is 15.2 Å². The van der Waals surface area contributed by atoms with E-state index < -0.39 is 0 Å². The largest absolute Gasteiger partial charge is 0.490 e. The van der Waals surface area contributed by atoms with Gasteiger partial charge in [-0.05, 0) is 50.7 Å². The fourth-order valence-electron chi connectivity index (χ4n) is 4.38. The molecule has 1 aromatic carbocycles. The van der Waals surface area contributed by atoms with E-state index in [2.05, 4.69) is 15.4 Å². The van der Waals surface area contributed by atoms with Crippen LogP contribution in [0, 0.1) is 0 Å². The minimum Gasteiger partial charge on any atom is -0.490 e. The van der Waals surface area contributed by atoms with E-state index in [0.717, 1.165) is 43.0 Å². The average Bonchev–Trinajstić information content (AvgIpc) is 3.37. The molecule has 9 nitrogen and oxygen atoms in total. The summed E-state index contributed by atoms with van der Waals surface area (Å²) in [6.45, 7) is 0. The number of rotatable bonds is 5. The van der Waals surface area contributed by atoms with Crippen LogP contribution in [0.2, 0.25) is 0 Å². The van der Waals surface area contributed by atoms with Gasteiger partial charge in [0.15, 0.2) is 5.65 Å². The highest BCUT2D eigenvalue weighted by Gasteiger charge is 2.28. The highest BCUT2D eigenvalue weighted by molar-refractivity contribution is 6.09. The van der Waals surface area contributed by atoms with Crippen LogP contribution in [0.1, 0.15) is 54.9 Å². The molecule has 2 atom stereocenters. The second kappa shape index (κ2) is 7.59. The minimum absolute atomic E-state index is 0.147. The molecule has 32 heavy (non-hydrogen) atoms. The molecular weight excluding hydrogens is 408 g/mol. The summed E-state index contributed by atoms with van der Waals surface area (Å²) in [6, 6.07) is 5.64. The quantitative estimate of drug-likeness (QED) is 0.501. The molecule has 4 aromatic rings. The summed E-state index contributed by atoms with van der Waals surface area (Å²) in [6.07, 6.45) is 12.4. The van der Waals surface area contributed by atoms with Crippen molar-refractivity contribution in [1.29, 1.82) is 0 Å². The third kappa shape index (κ3) is 3.58.